The molecule has 0 fully saturated rings. The number of aryl methyl sites for hydroxylation is 1. The van der Waals surface area contributed by atoms with Crippen molar-refractivity contribution in [2.45, 2.75) is 33.3 Å². The van der Waals surface area contributed by atoms with Crippen molar-refractivity contribution in [3.63, 3.8) is 0 Å². The number of ether oxygens (including phenoxy) is 2. The minimum Gasteiger partial charge on any atom is -0.508 e. The van der Waals surface area contributed by atoms with E-state index in [-0.39, 0.29) is 11.2 Å². The van der Waals surface area contributed by atoms with E-state index in [4.69, 9.17) is 21.7 Å². The molecule has 1 spiro atoms. The first-order valence-corrected chi connectivity index (χ1v) is 11.5. The van der Waals surface area contributed by atoms with Crippen LogP contribution in [0.1, 0.15) is 53.4 Å². The van der Waals surface area contributed by atoms with E-state index >= 15 is 0 Å². The third-order valence-corrected chi connectivity index (χ3v) is 6.23. The van der Waals surface area contributed by atoms with Crippen molar-refractivity contribution in [1.82, 2.24) is 5.32 Å². The lowest BCUT2D eigenvalue weighted by Crippen LogP contribution is -2.35. The Morgan fingerprint density at radius 1 is 1.00 bits per heavy atom. The summed E-state index contributed by atoms with van der Waals surface area (Å²) in [5.41, 5.74) is 3.20. The number of rotatable bonds is 2. The molecule has 3 aromatic rings. The number of carbonyl (C=O) groups is 1. The van der Waals surface area contributed by atoms with Crippen molar-refractivity contribution in [2.24, 2.45) is 5.41 Å². The van der Waals surface area contributed by atoms with Crippen LogP contribution < -0.4 is 15.4 Å². The maximum atomic E-state index is 13.2. The van der Waals surface area contributed by atoms with Crippen LogP contribution >= 0.6 is 12.2 Å². The zero-order valence-corrected chi connectivity index (χ0v) is 20.3. The van der Waals surface area contributed by atoms with Crippen LogP contribution in [0.2, 0.25) is 0 Å². The first-order valence-electron chi connectivity index (χ1n) is 11.1. The van der Waals surface area contributed by atoms with Gasteiger partial charge in [0, 0.05) is 35.0 Å². The third-order valence-electron chi connectivity index (χ3n) is 5.98. The topological polar surface area (TPSA) is 79.8 Å². The zero-order valence-electron chi connectivity index (χ0n) is 19.5. The fourth-order valence-corrected chi connectivity index (χ4v) is 4.61. The number of hydrogen-bond acceptors (Lipinski definition) is 5. The number of anilines is 1. The lowest BCUT2D eigenvalue weighted by molar-refractivity contribution is 0.0224. The van der Waals surface area contributed by atoms with Crippen molar-refractivity contribution in [1.29, 1.82) is 0 Å². The van der Waals surface area contributed by atoms with Crippen LogP contribution in [0.3, 0.4) is 0 Å². The fourth-order valence-electron chi connectivity index (χ4n) is 4.42. The maximum absolute atomic E-state index is 13.2. The quantitative estimate of drug-likeness (QED) is 0.329. The summed E-state index contributed by atoms with van der Waals surface area (Å²) in [6, 6.07) is 16.2. The van der Waals surface area contributed by atoms with Gasteiger partial charge in [-0.25, -0.2) is 4.79 Å². The van der Waals surface area contributed by atoms with E-state index in [1.165, 1.54) is 0 Å². The lowest BCUT2D eigenvalue weighted by Gasteiger charge is -2.36. The summed E-state index contributed by atoms with van der Waals surface area (Å²) in [4.78, 5) is 13.2. The molecule has 5 rings (SSSR count). The minimum absolute atomic E-state index is 0.0744. The van der Waals surface area contributed by atoms with Gasteiger partial charge in [0.2, 0.25) is 0 Å². The van der Waals surface area contributed by atoms with Crippen molar-refractivity contribution >= 4 is 29.0 Å². The molecule has 0 aliphatic carbocycles. The van der Waals surface area contributed by atoms with Crippen LogP contribution in [0.25, 0.3) is 0 Å². The average molecular weight is 475 g/mol. The molecule has 3 N–H and O–H groups in total. The predicted octanol–water partition coefficient (Wildman–Crippen LogP) is 5.60. The molecule has 6 nitrogen and oxygen atoms in total. The SMILES string of the molecule is Cc1ccc2c(c1)Oc1cc(O)ccc1C21OC(=O)c2cc(NC(=S)NCC(C)(C)C)ccc21. The second kappa shape index (κ2) is 7.74. The molecular formula is C27H26N2O4S. The number of benzene rings is 3. The Kier molecular flexibility index (Phi) is 5.06. The van der Waals surface area contributed by atoms with Gasteiger partial charge < -0.3 is 25.2 Å². The van der Waals surface area contributed by atoms with E-state index < -0.39 is 11.6 Å². The number of carbonyl (C=O) groups excluding carboxylic acids is 1. The summed E-state index contributed by atoms with van der Waals surface area (Å²) in [7, 11) is 0. The minimum atomic E-state index is -1.17. The van der Waals surface area contributed by atoms with Gasteiger partial charge in [-0.1, -0.05) is 39.0 Å². The highest BCUT2D eigenvalue weighted by Crippen LogP contribution is 2.56. The molecular weight excluding hydrogens is 448 g/mol. The van der Waals surface area contributed by atoms with Gasteiger partial charge in [-0.3, -0.25) is 0 Å². The molecule has 3 aromatic carbocycles. The van der Waals surface area contributed by atoms with Gasteiger partial charge in [-0.2, -0.15) is 0 Å². The van der Waals surface area contributed by atoms with E-state index in [1.54, 1.807) is 24.3 Å². The Balaban J connectivity index is 1.59. The van der Waals surface area contributed by atoms with Crippen molar-refractivity contribution < 1.29 is 19.4 Å². The summed E-state index contributed by atoms with van der Waals surface area (Å²) in [6.07, 6.45) is 0. The number of hydrogen-bond donors (Lipinski definition) is 3. The Bertz CT molecular complexity index is 1290. The number of phenolic OH excluding ortho intramolecular Hbond substituents is 1. The molecule has 0 saturated carbocycles. The number of esters is 1. The average Bonchev–Trinajstić information content (AvgIpc) is 3.04. The normalized spacial score (nSPS) is 17.8. The number of phenols is 1. The Morgan fingerprint density at radius 3 is 2.41 bits per heavy atom. The molecule has 34 heavy (non-hydrogen) atoms. The number of nitrogens with one attached hydrogen (secondary N) is 2. The molecule has 0 radical (unpaired) electrons. The van der Waals surface area contributed by atoms with Gasteiger partial charge >= 0.3 is 5.97 Å². The van der Waals surface area contributed by atoms with Crippen LogP contribution in [-0.2, 0) is 10.3 Å². The number of thiocarbonyl (C=S) groups is 1. The van der Waals surface area contributed by atoms with Gasteiger partial charge in [-0.15, -0.1) is 0 Å². The molecule has 0 aromatic heterocycles. The van der Waals surface area contributed by atoms with Crippen molar-refractivity contribution in [3.8, 4) is 17.2 Å². The highest BCUT2D eigenvalue weighted by atomic mass is 32.1. The van der Waals surface area contributed by atoms with Crippen LogP contribution in [0.5, 0.6) is 17.2 Å². The molecule has 0 bridgehead atoms. The van der Waals surface area contributed by atoms with Crippen LogP contribution in [-0.4, -0.2) is 22.7 Å². The molecule has 0 amide bonds. The molecule has 2 aliphatic rings. The van der Waals surface area contributed by atoms with E-state index in [9.17, 15) is 9.90 Å². The molecule has 1 unspecified atom stereocenters. The molecule has 2 heterocycles. The van der Waals surface area contributed by atoms with Gasteiger partial charge in [0.05, 0.1) is 5.56 Å². The predicted molar refractivity (Wildman–Crippen MR) is 135 cm³/mol. The molecule has 1 atom stereocenters. The molecule has 2 aliphatic heterocycles. The van der Waals surface area contributed by atoms with E-state index in [0.717, 1.165) is 23.2 Å². The third kappa shape index (κ3) is 3.66. The van der Waals surface area contributed by atoms with Gasteiger partial charge in [0.15, 0.2) is 10.7 Å². The largest absolute Gasteiger partial charge is 0.508 e. The van der Waals surface area contributed by atoms with E-state index in [1.807, 2.05) is 37.3 Å². The Labute approximate surface area is 203 Å². The molecule has 174 valence electrons. The highest BCUT2D eigenvalue weighted by molar-refractivity contribution is 7.80. The first kappa shape index (κ1) is 22.2. The lowest BCUT2D eigenvalue weighted by atomic mass is 9.77. The fraction of sp³-hybridized carbons (Fsp3) is 0.259. The summed E-state index contributed by atoms with van der Waals surface area (Å²) in [5, 5.41) is 16.9. The van der Waals surface area contributed by atoms with Gasteiger partial charge in [0.1, 0.15) is 17.2 Å². The van der Waals surface area contributed by atoms with Crippen LogP contribution in [0.4, 0.5) is 5.69 Å². The first-order chi connectivity index (χ1) is 16.1. The Hall–Kier alpha value is -3.58. The second-order valence-electron chi connectivity index (χ2n) is 9.98. The zero-order chi connectivity index (χ0) is 24.3. The van der Waals surface area contributed by atoms with Gasteiger partial charge in [-0.05, 0) is 60.5 Å². The smallest absolute Gasteiger partial charge is 0.340 e. The summed E-state index contributed by atoms with van der Waals surface area (Å²) in [5.74, 6) is 0.687. The van der Waals surface area contributed by atoms with Crippen LogP contribution in [0.15, 0.2) is 54.6 Å². The summed E-state index contributed by atoms with van der Waals surface area (Å²) < 4.78 is 12.3. The standard InChI is InChI=1S/C27H26N2O4S/c1-15-5-8-20-22(11-15)32-23-13-17(30)7-10-21(23)27(20)19-9-6-16(12-18(19)24(31)33-27)29-25(34)28-14-26(2,3)4/h5-13,30H,14H2,1-4H3,(H2,28,29,34). The second-order valence-corrected chi connectivity index (χ2v) is 10.4. The maximum Gasteiger partial charge on any atom is 0.340 e. The number of aromatic hydroxyl groups is 1. The molecule has 7 heteroatoms. The van der Waals surface area contributed by atoms with E-state index in [0.29, 0.717) is 33.4 Å². The summed E-state index contributed by atoms with van der Waals surface area (Å²) >= 11 is 5.43. The van der Waals surface area contributed by atoms with Crippen molar-refractivity contribution in [2.75, 3.05) is 11.9 Å². The van der Waals surface area contributed by atoms with Crippen LogP contribution in [0, 0.1) is 12.3 Å². The highest BCUT2D eigenvalue weighted by Gasteiger charge is 2.53. The Morgan fingerprint density at radius 2 is 1.68 bits per heavy atom. The molecule has 0 saturated heterocycles. The van der Waals surface area contributed by atoms with Crippen molar-refractivity contribution in [3.05, 3.63) is 82.4 Å². The number of fused-ring (bicyclic) bond motifs is 6. The van der Waals surface area contributed by atoms with Gasteiger partial charge in [0.25, 0.3) is 0 Å². The monoisotopic (exact) mass is 474 g/mol. The summed E-state index contributed by atoms with van der Waals surface area (Å²) in [6.45, 7) is 9.06. The van der Waals surface area contributed by atoms with E-state index in [2.05, 4.69) is 31.4 Å².